The third-order valence-electron chi connectivity index (χ3n) is 17.1. The highest BCUT2D eigenvalue weighted by Crippen LogP contribution is 2.34. The van der Waals surface area contributed by atoms with Gasteiger partial charge in [0.05, 0.1) is 36.2 Å². The molecule has 376 valence electrons. The number of rotatable bonds is 6. The van der Waals surface area contributed by atoms with Gasteiger partial charge in [-0.3, -0.25) is 29.0 Å². The molecule has 6 aromatic rings. The summed E-state index contributed by atoms with van der Waals surface area (Å²) in [6, 6.07) is 38.2. The van der Waals surface area contributed by atoms with E-state index in [2.05, 4.69) is 80.3 Å². The van der Waals surface area contributed by atoms with E-state index in [1.165, 1.54) is 6.42 Å². The summed E-state index contributed by atoms with van der Waals surface area (Å²) in [5, 5.41) is 8.60. The molecule has 6 aromatic carbocycles. The molecule has 11 heteroatoms. The molecule has 0 N–H and O–H groups in total. The van der Waals surface area contributed by atoms with Gasteiger partial charge in [-0.15, -0.1) is 0 Å². The van der Waals surface area contributed by atoms with Gasteiger partial charge >= 0.3 is 0 Å². The maximum Gasteiger partial charge on any atom is 0.255 e. The van der Waals surface area contributed by atoms with Crippen LogP contribution >= 0.6 is 0 Å². The summed E-state index contributed by atoms with van der Waals surface area (Å²) in [5.41, 5.74) is 1.67. The molecule has 2 atom stereocenters. The first-order valence-electron chi connectivity index (χ1n) is 27.4. The first-order chi connectivity index (χ1) is 35.4. The fraction of sp³-hybridized carbons (Fsp3) is 0.475. The highest BCUT2D eigenvalue weighted by atomic mass is 16.5. The predicted octanol–water partition coefficient (Wildman–Crippen LogP) is 9.49. The molecular weight excluding hydrogens is 897 g/mol. The van der Waals surface area contributed by atoms with Gasteiger partial charge in [-0.05, 0) is 139 Å². The van der Waals surface area contributed by atoms with Crippen molar-refractivity contribution in [2.75, 3.05) is 91.8 Å². The normalized spacial score (nSPS) is 22.3. The van der Waals surface area contributed by atoms with Gasteiger partial charge in [-0.25, -0.2) is 0 Å². The van der Waals surface area contributed by atoms with E-state index in [1.807, 2.05) is 58.3 Å². The van der Waals surface area contributed by atoms with Crippen molar-refractivity contribution in [1.82, 2.24) is 29.4 Å². The first-order valence-corrected chi connectivity index (χ1v) is 27.4. The fourth-order valence-corrected chi connectivity index (χ4v) is 13.2. The van der Waals surface area contributed by atoms with Crippen LogP contribution < -0.4 is 0 Å². The minimum atomic E-state index is 0.0959. The van der Waals surface area contributed by atoms with Crippen LogP contribution in [0.15, 0.2) is 109 Å². The van der Waals surface area contributed by atoms with Gasteiger partial charge in [0, 0.05) is 77.5 Å². The molecule has 0 saturated carbocycles. The van der Waals surface area contributed by atoms with Gasteiger partial charge in [-0.2, -0.15) is 0 Å². The molecule has 11 nitrogen and oxygen atoms in total. The molecule has 0 aromatic heterocycles. The van der Waals surface area contributed by atoms with E-state index < -0.39 is 0 Å². The number of hydrogen-bond donors (Lipinski definition) is 0. The zero-order chi connectivity index (χ0) is 49.0. The number of nitrogens with zero attached hydrogens (tertiary/aromatic N) is 6. The Morgan fingerprint density at radius 2 is 0.736 bits per heavy atom. The molecule has 6 fully saturated rings. The minimum Gasteiger partial charge on any atom is -0.378 e. The molecule has 72 heavy (non-hydrogen) atoms. The lowest BCUT2D eigenvalue weighted by molar-refractivity contribution is -0.142. The number of hydrogen-bond acceptors (Lipinski definition) is 7. The number of carbonyl (C=O) groups excluding carboxylic acids is 4. The van der Waals surface area contributed by atoms with E-state index in [-0.39, 0.29) is 23.7 Å². The SMILES string of the molecule is O=C(c1c2ccccc2cc2ccccc12)N1CCC(N2CCCC(C(=O)N3CCCCC3)C2)CC1.O=C(c1c2ccccc2cc2ccccc12)N1CCC(N2CCC[C@@H](C(=O)N3CCOCC3)C2)CC1. The highest BCUT2D eigenvalue weighted by Gasteiger charge is 2.37. The van der Waals surface area contributed by atoms with Gasteiger partial charge in [0.2, 0.25) is 11.8 Å². The molecule has 6 heterocycles. The molecule has 1 unspecified atom stereocenters. The van der Waals surface area contributed by atoms with E-state index in [1.54, 1.807) is 0 Å². The fourth-order valence-electron chi connectivity index (χ4n) is 13.2. The maximum absolute atomic E-state index is 13.9. The highest BCUT2D eigenvalue weighted by molar-refractivity contribution is 6.19. The van der Waals surface area contributed by atoms with Crippen molar-refractivity contribution in [2.45, 2.75) is 82.7 Å². The Balaban J connectivity index is 0.000000156. The quantitative estimate of drug-likeness (QED) is 0.154. The number of likely N-dealkylation sites (tertiary alicyclic amines) is 5. The number of benzene rings is 6. The predicted molar refractivity (Wildman–Crippen MR) is 287 cm³/mol. The number of amides is 4. The summed E-state index contributed by atoms with van der Waals surface area (Å²) >= 11 is 0. The number of morpholine rings is 1. The number of carbonyl (C=O) groups is 4. The molecule has 0 aliphatic carbocycles. The van der Waals surface area contributed by atoms with E-state index in [4.69, 9.17) is 4.74 Å². The van der Waals surface area contributed by atoms with E-state index in [0.29, 0.717) is 37.1 Å². The molecule has 6 aliphatic rings. The lowest BCUT2D eigenvalue weighted by Crippen LogP contribution is -2.53. The standard InChI is InChI=1S/C31H37N3O2.C30H35N3O3/c35-30(32-16-6-1-7-17-32)25-11-8-18-34(22-25)26-14-19-33(20-15-26)31(36)29-27-12-4-2-9-23(27)21-24-10-3-5-13-28(24)29;34-29(32-16-18-36-19-17-32)24-8-5-13-33(21-24)25-11-14-31(15-12-25)30(35)28-26-9-3-1-6-22(26)20-23-7-2-4-10-27(23)28/h2-5,9-10,12-13,21,25-26H,1,6-8,11,14-20,22H2;1-4,6-7,9-10,20,24-25H,5,8,11-19,21H2/t;24-/m.1/s1. The Kier molecular flexibility index (Phi) is 14.8. The van der Waals surface area contributed by atoms with Crippen molar-refractivity contribution in [3.63, 3.8) is 0 Å². The lowest BCUT2D eigenvalue weighted by atomic mass is 9.91. The van der Waals surface area contributed by atoms with Crippen LogP contribution in [-0.4, -0.2) is 157 Å². The average molecular weight is 969 g/mol. The summed E-state index contributed by atoms with van der Waals surface area (Å²) < 4.78 is 5.43. The zero-order valence-electron chi connectivity index (χ0n) is 42.1. The summed E-state index contributed by atoms with van der Waals surface area (Å²) in [5.74, 6) is 1.23. The smallest absolute Gasteiger partial charge is 0.255 e. The Bertz CT molecular complexity index is 2610. The van der Waals surface area contributed by atoms with Gasteiger partial charge in [0.1, 0.15) is 0 Å². The summed E-state index contributed by atoms with van der Waals surface area (Å²) in [6.07, 6.45) is 11.6. The van der Waals surface area contributed by atoms with Crippen LogP contribution in [0.4, 0.5) is 0 Å². The van der Waals surface area contributed by atoms with Crippen molar-refractivity contribution in [3.05, 3.63) is 120 Å². The number of ether oxygens (including phenoxy) is 1. The Morgan fingerprint density at radius 1 is 0.375 bits per heavy atom. The van der Waals surface area contributed by atoms with Crippen LogP contribution in [0.25, 0.3) is 43.1 Å². The second kappa shape index (κ2) is 22.1. The van der Waals surface area contributed by atoms with Crippen LogP contribution in [0, 0.1) is 11.8 Å². The van der Waals surface area contributed by atoms with Crippen LogP contribution in [0.5, 0.6) is 0 Å². The average Bonchev–Trinajstić information content (AvgIpc) is 3.46. The Hall–Kier alpha value is -5.88. The van der Waals surface area contributed by atoms with Crippen molar-refractivity contribution in [3.8, 4) is 0 Å². The van der Waals surface area contributed by atoms with Crippen molar-refractivity contribution in [1.29, 1.82) is 0 Å². The van der Waals surface area contributed by atoms with E-state index >= 15 is 0 Å². The molecular formula is C61H72N6O5. The lowest BCUT2D eigenvalue weighted by Gasteiger charge is -2.43. The van der Waals surface area contributed by atoms with Crippen molar-refractivity contribution >= 4 is 66.7 Å². The van der Waals surface area contributed by atoms with Gasteiger partial charge in [-0.1, -0.05) is 97.1 Å². The van der Waals surface area contributed by atoms with Crippen LogP contribution in [0.1, 0.15) is 91.3 Å². The third kappa shape index (κ3) is 10.2. The van der Waals surface area contributed by atoms with Crippen LogP contribution in [0.3, 0.4) is 0 Å². The Morgan fingerprint density at radius 3 is 1.12 bits per heavy atom. The molecule has 0 radical (unpaired) electrons. The molecule has 0 spiro atoms. The summed E-state index contributed by atoms with van der Waals surface area (Å²) in [7, 11) is 0. The molecule has 4 amide bonds. The molecule has 0 bridgehead atoms. The number of piperidine rings is 5. The number of fused-ring (bicyclic) bond motifs is 4. The molecule has 12 rings (SSSR count). The first kappa shape index (κ1) is 48.4. The Labute approximate surface area is 425 Å². The monoisotopic (exact) mass is 969 g/mol. The zero-order valence-corrected chi connectivity index (χ0v) is 42.1. The van der Waals surface area contributed by atoms with E-state index in [9.17, 15) is 19.2 Å². The minimum absolute atomic E-state index is 0.0959. The van der Waals surface area contributed by atoms with Gasteiger partial charge in [0.25, 0.3) is 11.8 Å². The second-order valence-corrected chi connectivity index (χ2v) is 21.4. The van der Waals surface area contributed by atoms with Crippen molar-refractivity contribution < 1.29 is 23.9 Å². The van der Waals surface area contributed by atoms with Crippen molar-refractivity contribution in [2.24, 2.45) is 11.8 Å². The van der Waals surface area contributed by atoms with Crippen LogP contribution in [0.2, 0.25) is 0 Å². The van der Waals surface area contributed by atoms with Gasteiger partial charge < -0.3 is 24.3 Å². The summed E-state index contributed by atoms with van der Waals surface area (Å²) in [4.78, 5) is 67.3. The van der Waals surface area contributed by atoms with Crippen LogP contribution in [-0.2, 0) is 14.3 Å². The second-order valence-electron chi connectivity index (χ2n) is 21.4. The summed E-state index contributed by atoms with van der Waals surface area (Å²) in [6.45, 7) is 11.6. The molecule has 6 aliphatic heterocycles. The van der Waals surface area contributed by atoms with Gasteiger partial charge in [0.15, 0.2) is 0 Å². The molecule has 6 saturated heterocycles. The largest absolute Gasteiger partial charge is 0.378 e. The third-order valence-corrected chi connectivity index (χ3v) is 17.1. The van der Waals surface area contributed by atoms with E-state index in [0.717, 1.165) is 197 Å². The maximum atomic E-state index is 13.9. The topological polar surface area (TPSA) is 96.9 Å².